The zero-order valence-electron chi connectivity index (χ0n) is 14.6. The summed E-state index contributed by atoms with van der Waals surface area (Å²) in [6.07, 6.45) is 1.26. The molecule has 3 rings (SSSR count). The van der Waals surface area contributed by atoms with Gasteiger partial charge >= 0.3 is 0 Å². The van der Waals surface area contributed by atoms with Gasteiger partial charge in [0.25, 0.3) is 11.5 Å². The Bertz CT molecular complexity index is 1020. The molecule has 0 fully saturated rings. The molecule has 2 heterocycles. The molecule has 0 atom stereocenters. The summed E-state index contributed by atoms with van der Waals surface area (Å²) in [5, 5.41) is 7.17. The average Bonchev–Trinajstić information content (AvgIpc) is 2.88. The van der Waals surface area contributed by atoms with E-state index in [0.29, 0.717) is 5.82 Å². The number of aryl methyl sites for hydroxylation is 2. The van der Waals surface area contributed by atoms with E-state index in [9.17, 15) is 14.0 Å². The zero-order valence-corrected chi connectivity index (χ0v) is 14.6. The van der Waals surface area contributed by atoms with Gasteiger partial charge in [-0.3, -0.25) is 9.59 Å². The molecule has 0 aliphatic heterocycles. The van der Waals surface area contributed by atoms with E-state index in [0.717, 1.165) is 22.6 Å². The van der Waals surface area contributed by atoms with E-state index in [1.807, 2.05) is 13.8 Å². The van der Waals surface area contributed by atoms with Crippen LogP contribution in [0.15, 0.2) is 35.3 Å². The summed E-state index contributed by atoms with van der Waals surface area (Å²) < 4.78 is 14.8. The molecule has 2 aromatic heterocycles. The summed E-state index contributed by atoms with van der Waals surface area (Å²) in [5.41, 5.74) is 2.60. The number of benzene rings is 1. The molecule has 1 amide bonds. The van der Waals surface area contributed by atoms with Gasteiger partial charge in [-0.05, 0) is 45.0 Å². The van der Waals surface area contributed by atoms with Crippen molar-refractivity contribution in [3.63, 3.8) is 0 Å². The van der Waals surface area contributed by atoms with Crippen molar-refractivity contribution in [2.45, 2.75) is 27.3 Å². The van der Waals surface area contributed by atoms with Gasteiger partial charge < -0.3 is 10.3 Å². The maximum atomic E-state index is 13.1. The predicted molar refractivity (Wildman–Crippen MR) is 93.8 cm³/mol. The molecular weight excluding hydrogens is 337 g/mol. The van der Waals surface area contributed by atoms with Gasteiger partial charge in [0.15, 0.2) is 0 Å². The van der Waals surface area contributed by atoms with Crippen molar-refractivity contribution in [2.24, 2.45) is 0 Å². The second kappa shape index (κ2) is 6.91. The smallest absolute Gasteiger partial charge is 0.263 e. The van der Waals surface area contributed by atoms with Gasteiger partial charge in [-0.15, -0.1) is 0 Å². The Labute approximate surface area is 148 Å². The number of carbonyl (C=O) groups is 1. The molecule has 7 nitrogen and oxygen atoms in total. The minimum Gasteiger partial charge on any atom is -0.348 e. The van der Waals surface area contributed by atoms with E-state index < -0.39 is 11.5 Å². The van der Waals surface area contributed by atoms with E-state index in [2.05, 4.69) is 20.4 Å². The SMILES string of the molecule is Cc1ncc(C(=O)NCc2c(C)nn(-c3ccc(F)cc3)c2C)c(=O)[nH]1. The van der Waals surface area contributed by atoms with Crippen LogP contribution < -0.4 is 10.9 Å². The Morgan fingerprint density at radius 1 is 1.23 bits per heavy atom. The van der Waals surface area contributed by atoms with Crippen molar-refractivity contribution in [3.05, 3.63) is 75.0 Å². The van der Waals surface area contributed by atoms with Crippen LogP contribution in [0.3, 0.4) is 0 Å². The molecule has 0 spiro atoms. The average molecular weight is 355 g/mol. The molecule has 8 heteroatoms. The summed E-state index contributed by atoms with van der Waals surface area (Å²) in [6.45, 7) is 5.55. The summed E-state index contributed by atoms with van der Waals surface area (Å²) in [6, 6.07) is 6.00. The minimum absolute atomic E-state index is 0.0446. The van der Waals surface area contributed by atoms with Crippen LogP contribution in [0.2, 0.25) is 0 Å². The largest absolute Gasteiger partial charge is 0.348 e. The van der Waals surface area contributed by atoms with Gasteiger partial charge in [-0.25, -0.2) is 14.1 Å². The van der Waals surface area contributed by atoms with Crippen molar-refractivity contribution >= 4 is 5.91 Å². The number of amides is 1. The molecule has 3 aromatic rings. The van der Waals surface area contributed by atoms with E-state index in [4.69, 9.17) is 0 Å². The first-order chi connectivity index (χ1) is 12.4. The number of H-pyrrole nitrogens is 1. The molecular formula is C18H18FN5O2. The first kappa shape index (κ1) is 17.5. The highest BCUT2D eigenvalue weighted by molar-refractivity contribution is 5.93. The summed E-state index contributed by atoms with van der Waals surface area (Å²) in [7, 11) is 0. The lowest BCUT2D eigenvalue weighted by Crippen LogP contribution is -2.30. The molecule has 0 bridgehead atoms. The minimum atomic E-state index is -0.507. The number of hydrogen-bond acceptors (Lipinski definition) is 4. The van der Waals surface area contributed by atoms with E-state index in [-0.39, 0.29) is 17.9 Å². The molecule has 0 saturated carbocycles. The number of hydrogen-bond donors (Lipinski definition) is 2. The number of rotatable bonds is 4. The number of carbonyl (C=O) groups excluding carboxylic acids is 1. The van der Waals surface area contributed by atoms with Crippen LogP contribution in [0.1, 0.15) is 33.1 Å². The number of aromatic amines is 1. The van der Waals surface area contributed by atoms with Crippen LogP contribution in [0.25, 0.3) is 5.69 Å². The van der Waals surface area contributed by atoms with Gasteiger partial charge in [0, 0.05) is 24.0 Å². The molecule has 0 aliphatic rings. The fourth-order valence-corrected chi connectivity index (χ4v) is 2.67. The monoisotopic (exact) mass is 355 g/mol. The van der Waals surface area contributed by atoms with E-state index >= 15 is 0 Å². The van der Waals surface area contributed by atoms with Gasteiger partial charge in [-0.1, -0.05) is 0 Å². The first-order valence-electron chi connectivity index (χ1n) is 8.02. The molecule has 1 aromatic carbocycles. The van der Waals surface area contributed by atoms with Crippen LogP contribution >= 0.6 is 0 Å². The van der Waals surface area contributed by atoms with Gasteiger partial charge in [0.2, 0.25) is 0 Å². The molecule has 26 heavy (non-hydrogen) atoms. The van der Waals surface area contributed by atoms with Gasteiger partial charge in [0.1, 0.15) is 17.2 Å². The van der Waals surface area contributed by atoms with Crippen LogP contribution in [0, 0.1) is 26.6 Å². The van der Waals surface area contributed by atoms with Crippen molar-refractivity contribution < 1.29 is 9.18 Å². The summed E-state index contributed by atoms with van der Waals surface area (Å²) in [5.74, 6) is -0.384. The zero-order chi connectivity index (χ0) is 18.8. The lowest BCUT2D eigenvalue weighted by Gasteiger charge is -2.07. The highest BCUT2D eigenvalue weighted by Gasteiger charge is 2.16. The van der Waals surface area contributed by atoms with Gasteiger partial charge in [-0.2, -0.15) is 5.10 Å². The van der Waals surface area contributed by atoms with Crippen molar-refractivity contribution in [3.8, 4) is 5.69 Å². The quantitative estimate of drug-likeness (QED) is 0.748. The fraction of sp³-hybridized carbons (Fsp3) is 0.222. The second-order valence-electron chi connectivity index (χ2n) is 5.93. The topological polar surface area (TPSA) is 92.7 Å². The predicted octanol–water partition coefficient (Wildman–Crippen LogP) is 1.95. The number of nitrogens with zero attached hydrogens (tertiary/aromatic N) is 3. The van der Waals surface area contributed by atoms with E-state index in [1.54, 1.807) is 23.7 Å². The molecule has 2 N–H and O–H groups in total. The molecule has 0 saturated heterocycles. The maximum absolute atomic E-state index is 13.1. The molecule has 134 valence electrons. The van der Waals surface area contributed by atoms with Gasteiger partial charge in [0.05, 0.1) is 11.4 Å². The fourth-order valence-electron chi connectivity index (χ4n) is 2.67. The third-order valence-corrected chi connectivity index (χ3v) is 4.11. The number of aromatic nitrogens is 4. The Hall–Kier alpha value is -3.29. The van der Waals surface area contributed by atoms with Crippen LogP contribution in [0.4, 0.5) is 4.39 Å². The van der Waals surface area contributed by atoms with Crippen molar-refractivity contribution in [2.75, 3.05) is 0 Å². The number of nitrogens with one attached hydrogen (secondary N) is 2. The summed E-state index contributed by atoms with van der Waals surface area (Å²) in [4.78, 5) is 30.5. The highest BCUT2D eigenvalue weighted by atomic mass is 19.1. The Morgan fingerprint density at radius 2 is 1.92 bits per heavy atom. The lowest BCUT2D eigenvalue weighted by molar-refractivity contribution is 0.0949. The Balaban J connectivity index is 1.81. The summed E-state index contributed by atoms with van der Waals surface area (Å²) >= 11 is 0. The Morgan fingerprint density at radius 3 is 2.58 bits per heavy atom. The standard InChI is InChI=1S/C18H18FN5O2/c1-10-15(8-21-17(25)16-9-20-12(3)22-18(16)26)11(2)24(23-10)14-6-4-13(19)5-7-14/h4-7,9H,8H2,1-3H3,(H,21,25)(H,20,22,26). The Kier molecular flexibility index (Phi) is 4.66. The van der Waals surface area contributed by atoms with Crippen LogP contribution in [-0.2, 0) is 6.54 Å². The number of halogens is 1. The second-order valence-corrected chi connectivity index (χ2v) is 5.93. The normalized spacial score (nSPS) is 10.8. The lowest BCUT2D eigenvalue weighted by atomic mass is 10.2. The molecule has 0 radical (unpaired) electrons. The first-order valence-corrected chi connectivity index (χ1v) is 8.02. The van der Waals surface area contributed by atoms with Crippen molar-refractivity contribution in [1.82, 2.24) is 25.1 Å². The maximum Gasteiger partial charge on any atom is 0.263 e. The van der Waals surface area contributed by atoms with Crippen molar-refractivity contribution in [1.29, 1.82) is 0 Å². The van der Waals surface area contributed by atoms with Crippen LogP contribution in [-0.4, -0.2) is 25.7 Å². The molecule has 0 unspecified atom stereocenters. The van der Waals surface area contributed by atoms with Crippen LogP contribution in [0.5, 0.6) is 0 Å². The van der Waals surface area contributed by atoms with E-state index in [1.165, 1.54) is 18.3 Å². The molecule has 0 aliphatic carbocycles. The third kappa shape index (κ3) is 3.39. The third-order valence-electron chi connectivity index (χ3n) is 4.11. The highest BCUT2D eigenvalue weighted by Crippen LogP contribution is 2.18.